The van der Waals surface area contributed by atoms with Gasteiger partial charge in [-0.05, 0) is 17.2 Å². The number of nitrogens with two attached hydrogens (primary N) is 1. The number of primary amides is 1. The molecule has 0 aromatic heterocycles. The molecule has 2 unspecified atom stereocenters. The Kier molecular flexibility index (Phi) is 5.23. The number of carbonyl (C=O) groups is 2. The molecule has 0 aliphatic carbocycles. The summed E-state index contributed by atoms with van der Waals surface area (Å²) in [5.41, 5.74) is 5.94. The number of benzene rings is 1. The number of ether oxygens (including phenoxy) is 1. The van der Waals surface area contributed by atoms with Crippen molar-refractivity contribution >= 4 is 18.0 Å². The molecule has 0 heterocycles. The molecule has 102 valence electrons. The van der Waals surface area contributed by atoms with Crippen molar-refractivity contribution < 1.29 is 24.5 Å². The van der Waals surface area contributed by atoms with E-state index in [0.717, 1.165) is 0 Å². The molecule has 1 aromatic rings. The number of hydrogen-bond donors (Lipinski definition) is 3. The standard InChI is InChI=1S/C13H15NO5/c1-19-10(15)7-4-8-2-5-9(6-3-8)11(16)12(17)13(14)18/h2-7,11-12,16-17H,1H3,(H2,14,18)/b7-4+. The fourth-order valence-corrected chi connectivity index (χ4v) is 1.37. The Hall–Kier alpha value is -2.18. The van der Waals surface area contributed by atoms with E-state index in [0.29, 0.717) is 11.1 Å². The molecule has 19 heavy (non-hydrogen) atoms. The number of aliphatic hydroxyl groups excluding tert-OH is 2. The molecule has 0 spiro atoms. The zero-order chi connectivity index (χ0) is 14.4. The first kappa shape index (κ1) is 14.9. The third-order valence-corrected chi connectivity index (χ3v) is 2.48. The van der Waals surface area contributed by atoms with E-state index in [1.165, 1.54) is 31.4 Å². The van der Waals surface area contributed by atoms with Gasteiger partial charge in [-0.3, -0.25) is 4.79 Å². The predicted octanol–water partition coefficient (Wildman–Crippen LogP) is -0.248. The number of methoxy groups -OCH3 is 1. The third kappa shape index (κ3) is 4.20. The highest BCUT2D eigenvalue weighted by Crippen LogP contribution is 2.18. The summed E-state index contributed by atoms with van der Waals surface area (Å²) in [7, 11) is 1.28. The molecule has 0 aliphatic heterocycles. The largest absolute Gasteiger partial charge is 0.466 e. The Morgan fingerprint density at radius 1 is 1.26 bits per heavy atom. The molecule has 1 aromatic carbocycles. The summed E-state index contributed by atoms with van der Waals surface area (Å²) >= 11 is 0. The Labute approximate surface area is 110 Å². The zero-order valence-corrected chi connectivity index (χ0v) is 10.3. The van der Waals surface area contributed by atoms with E-state index in [1.54, 1.807) is 12.1 Å². The van der Waals surface area contributed by atoms with Crippen LogP contribution in [0, 0.1) is 0 Å². The van der Waals surface area contributed by atoms with Crippen LogP contribution in [0.25, 0.3) is 6.08 Å². The molecule has 0 saturated heterocycles. The number of esters is 1. The molecule has 0 bridgehead atoms. The maximum absolute atomic E-state index is 10.9. The third-order valence-electron chi connectivity index (χ3n) is 2.48. The minimum Gasteiger partial charge on any atom is -0.466 e. The summed E-state index contributed by atoms with van der Waals surface area (Å²) in [6.45, 7) is 0. The van der Waals surface area contributed by atoms with Gasteiger partial charge in [0.1, 0.15) is 6.10 Å². The van der Waals surface area contributed by atoms with E-state index < -0.39 is 24.1 Å². The van der Waals surface area contributed by atoms with Gasteiger partial charge in [-0.15, -0.1) is 0 Å². The molecular weight excluding hydrogens is 250 g/mol. The molecule has 1 rings (SSSR count). The predicted molar refractivity (Wildman–Crippen MR) is 67.7 cm³/mol. The van der Waals surface area contributed by atoms with E-state index in [9.17, 15) is 19.8 Å². The highest BCUT2D eigenvalue weighted by molar-refractivity contribution is 5.86. The van der Waals surface area contributed by atoms with Crippen molar-refractivity contribution in [3.8, 4) is 0 Å². The minimum atomic E-state index is -1.66. The summed E-state index contributed by atoms with van der Waals surface area (Å²) in [4.78, 5) is 21.6. The van der Waals surface area contributed by atoms with Gasteiger partial charge in [-0.2, -0.15) is 0 Å². The SMILES string of the molecule is COC(=O)/C=C/c1ccc(C(O)C(O)C(N)=O)cc1. The van der Waals surface area contributed by atoms with Crippen LogP contribution in [0.3, 0.4) is 0 Å². The van der Waals surface area contributed by atoms with E-state index in [4.69, 9.17) is 5.73 Å². The van der Waals surface area contributed by atoms with Crippen molar-refractivity contribution in [1.29, 1.82) is 0 Å². The van der Waals surface area contributed by atoms with Crippen LogP contribution in [0.2, 0.25) is 0 Å². The molecular formula is C13H15NO5. The van der Waals surface area contributed by atoms with Gasteiger partial charge in [-0.25, -0.2) is 4.79 Å². The van der Waals surface area contributed by atoms with Crippen molar-refractivity contribution in [1.82, 2.24) is 0 Å². The Morgan fingerprint density at radius 2 is 1.84 bits per heavy atom. The maximum Gasteiger partial charge on any atom is 0.330 e. The van der Waals surface area contributed by atoms with Crippen LogP contribution in [0.4, 0.5) is 0 Å². The second kappa shape index (κ2) is 6.67. The number of amides is 1. The smallest absolute Gasteiger partial charge is 0.330 e. The highest BCUT2D eigenvalue weighted by atomic mass is 16.5. The van der Waals surface area contributed by atoms with Crippen molar-refractivity contribution in [2.24, 2.45) is 5.73 Å². The van der Waals surface area contributed by atoms with Gasteiger partial charge in [0.15, 0.2) is 6.10 Å². The summed E-state index contributed by atoms with van der Waals surface area (Å²) in [6, 6.07) is 6.28. The lowest BCUT2D eigenvalue weighted by molar-refractivity contribution is -0.135. The topological polar surface area (TPSA) is 110 Å². The Bertz CT molecular complexity index is 480. The molecule has 1 amide bonds. The average molecular weight is 265 g/mol. The summed E-state index contributed by atoms with van der Waals surface area (Å²) in [5.74, 6) is -1.48. The first-order chi connectivity index (χ1) is 8.95. The minimum absolute atomic E-state index is 0.349. The van der Waals surface area contributed by atoms with Gasteiger partial charge in [-0.1, -0.05) is 24.3 Å². The van der Waals surface area contributed by atoms with E-state index >= 15 is 0 Å². The van der Waals surface area contributed by atoms with Gasteiger partial charge >= 0.3 is 5.97 Å². The van der Waals surface area contributed by atoms with Crippen molar-refractivity contribution in [3.05, 3.63) is 41.5 Å². The summed E-state index contributed by atoms with van der Waals surface area (Å²) in [6.07, 6.45) is -0.247. The average Bonchev–Trinajstić information content (AvgIpc) is 2.43. The molecule has 6 nitrogen and oxygen atoms in total. The zero-order valence-electron chi connectivity index (χ0n) is 10.3. The first-order valence-corrected chi connectivity index (χ1v) is 5.47. The quantitative estimate of drug-likeness (QED) is 0.502. The van der Waals surface area contributed by atoms with Gasteiger partial charge < -0.3 is 20.7 Å². The van der Waals surface area contributed by atoms with Crippen molar-refractivity contribution in [2.45, 2.75) is 12.2 Å². The molecule has 0 fully saturated rings. The molecule has 2 atom stereocenters. The molecule has 6 heteroatoms. The molecule has 0 saturated carbocycles. The van der Waals surface area contributed by atoms with Crippen molar-refractivity contribution in [3.63, 3.8) is 0 Å². The van der Waals surface area contributed by atoms with Gasteiger partial charge in [0.2, 0.25) is 5.91 Å². The first-order valence-electron chi connectivity index (χ1n) is 5.47. The monoisotopic (exact) mass is 265 g/mol. The highest BCUT2D eigenvalue weighted by Gasteiger charge is 2.22. The Morgan fingerprint density at radius 3 is 2.32 bits per heavy atom. The van der Waals surface area contributed by atoms with Crippen LogP contribution >= 0.6 is 0 Å². The lowest BCUT2D eigenvalue weighted by Gasteiger charge is -2.15. The fraction of sp³-hybridized carbons (Fsp3) is 0.231. The number of aliphatic hydroxyl groups is 2. The van der Waals surface area contributed by atoms with Gasteiger partial charge in [0.05, 0.1) is 7.11 Å². The van der Waals surface area contributed by atoms with Crippen molar-refractivity contribution in [2.75, 3.05) is 7.11 Å². The van der Waals surface area contributed by atoms with Crippen LogP contribution in [-0.4, -0.2) is 35.3 Å². The lowest BCUT2D eigenvalue weighted by atomic mass is 10.0. The van der Waals surface area contributed by atoms with E-state index in [1.807, 2.05) is 0 Å². The van der Waals surface area contributed by atoms with E-state index in [-0.39, 0.29) is 0 Å². The second-order valence-corrected chi connectivity index (χ2v) is 3.82. The molecule has 0 aliphatic rings. The number of rotatable bonds is 5. The van der Waals surface area contributed by atoms with Crippen LogP contribution in [0.15, 0.2) is 30.3 Å². The summed E-state index contributed by atoms with van der Waals surface area (Å²) in [5, 5.41) is 19.0. The number of carbonyl (C=O) groups excluding carboxylic acids is 2. The molecule has 4 N–H and O–H groups in total. The fourth-order valence-electron chi connectivity index (χ4n) is 1.37. The van der Waals surface area contributed by atoms with Crippen LogP contribution < -0.4 is 5.73 Å². The maximum atomic E-state index is 10.9. The summed E-state index contributed by atoms with van der Waals surface area (Å²) < 4.78 is 4.44. The van der Waals surface area contributed by atoms with Gasteiger partial charge in [0.25, 0.3) is 0 Å². The van der Waals surface area contributed by atoms with Gasteiger partial charge in [0, 0.05) is 6.08 Å². The molecule has 0 radical (unpaired) electrons. The van der Waals surface area contributed by atoms with E-state index in [2.05, 4.69) is 4.74 Å². The van der Waals surface area contributed by atoms with Crippen LogP contribution in [0.1, 0.15) is 17.2 Å². The number of hydrogen-bond acceptors (Lipinski definition) is 5. The second-order valence-electron chi connectivity index (χ2n) is 3.82. The lowest BCUT2D eigenvalue weighted by Crippen LogP contribution is -2.33. The Balaban J connectivity index is 2.79. The normalized spacial score (nSPS) is 14.1. The van der Waals surface area contributed by atoms with Crippen LogP contribution in [-0.2, 0) is 14.3 Å². The van der Waals surface area contributed by atoms with Crippen LogP contribution in [0.5, 0.6) is 0 Å².